The second kappa shape index (κ2) is 7.87. The van der Waals surface area contributed by atoms with E-state index in [0.717, 1.165) is 24.3 Å². The first-order chi connectivity index (χ1) is 10.8. The van der Waals surface area contributed by atoms with Crippen LogP contribution < -0.4 is 5.32 Å². The van der Waals surface area contributed by atoms with Gasteiger partial charge < -0.3 is 10.2 Å². The van der Waals surface area contributed by atoms with Crippen molar-refractivity contribution in [3.05, 3.63) is 0 Å². The summed E-state index contributed by atoms with van der Waals surface area (Å²) in [6, 6.07) is 0.670. The molecule has 0 amide bonds. The molecule has 0 aromatic carbocycles. The highest BCUT2D eigenvalue weighted by molar-refractivity contribution is 14.0. The van der Waals surface area contributed by atoms with Crippen molar-refractivity contribution in [1.82, 2.24) is 20.0 Å². The number of nitrogens with zero attached hydrogens (tertiary/aromatic N) is 4. The van der Waals surface area contributed by atoms with E-state index in [1.165, 1.54) is 71.5 Å². The normalized spacial score (nSPS) is 39.8. The molecule has 2 bridgehead atoms. The number of fused-ring (bicyclic) bond motifs is 4. The van der Waals surface area contributed by atoms with E-state index in [0.29, 0.717) is 6.04 Å². The zero-order valence-electron chi connectivity index (χ0n) is 14.4. The predicted molar refractivity (Wildman–Crippen MR) is 106 cm³/mol. The molecule has 1 N–H and O–H groups in total. The number of hydrogen-bond acceptors (Lipinski definition) is 3. The van der Waals surface area contributed by atoms with Crippen molar-refractivity contribution in [2.24, 2.45) is 16.8 Å². The Morgan fingerprint density at radius 3 is 2.17 bits per heavy atom. The van der Waals surface area contributed by atoms with Crippen molar-refractivity contribution in [2.45, 2.75) is 31.7 Å². The summed E-state index contributed by atoms with van der Waals surface area (Å²) in [4.78, 5) is 12.4. The Balaban J connectivity index is 0.00000156. The number of nitrogens with one attached hydrogen (secondary N) is 1. The molecule has 0 aromatic rings. The molecule has 5 aliphatic rings. The van der Waals surface area contributed by atoms with Gasteiger partial charge in [0.1, 0.15) is 0 Å². The van der Waals surface area contributed by atoms with Crippen molar-refractivity contribution >= 4 is 29.9 Å². The molecule has 0 spiro atoms. The van der Waals surface area contributed by atoms with Gasteiger partial charge in [-0.1, -0.05) is 12.8 Å². The smallest absolute Gasteiger partial charge is 0.193 e. The van der Waals surface area contributed by atoms with Crippen LogP contribution >= 0.6 is 24.0 Å². The molecule has 3 atom stereocenters. The first kappa shape index (κ1) is 17.7. The lowest BCUT2D eigenvalue weighted by molar-refractivity contribution is 0.0152. The minimum atomic E-state index is 0. The molecular weight excluding hydrogens is 401 g/mol. The molecular formula is C17H32IN5. The van der Waals surface area contributed by atoms with E-state index in [-0.39, 0.29) is 24.0 Å². The van der Waals surface area contributed by atoms with Crippen molar-refractivity contribution in [3.63, 3.8) is 0 Å². The molecule has 5 fully saturated rings. The molecule has 4 aliphatic heterocycles. The van der Waals surface area contributed by atoms with E-state index < -0.39 is 0 Å². The molecule has 5 rings (SSSR count). The van der Waals surface area contributed by atoms with Gasteiger partial charge in [-0.3, -0.25) is 14.8 Å². The maximum atomic E-state index is 4.57. The minimum Gasteiger partial charge on any atom is -0.355 e. The van der Waals surface area contributed by atoms with Crippen LogP contribution in [0.5, 0.6) is 0 Å². The fourth-order valence-corrected chi connectivity index (χ4v) is 5.04. The van der Waals surface area contributed by atoms with Crippen molar-refractivity contribution in [2.75, 3.05) is 59.4 Å². The molecule has 132 valence electrons. The standard InChI is InChI=1S/C17H31N5.HI/c1-18-17(22-11-14-4-2-3-5-15(14)12-22)19-10-16-13-20-6-8-21(16)9-7-20;/h14-16H,2-13H2,1H3,(H,18,19);1H. The van der Waals surface area contributed by atoms with Gasteiger partial charge in [0.2, 0.25) is 0 Å². The Morgan fingerprint density at radius 1 is 1.00 bits per heavy atom. The quantitative estimate of drug-likeness (QED) is 0.405. The van der Waals surface area contributed by atoms with Gasteiger partial charge in [0.05, 0.1) is 0 Å². The first-order valence-corrected chi connectivity index (χ1v) is 9.25. The highest BCUT2D eigenvalue weighted by Gasteiger charge is 2.36. The fraction of sp³-hybridized carbons (Fsp3) is 0.941. The van der Waals surface area contributed by atoms with E-state index in [4.69, 9.17) is 0 Å². The Morgan fingerprint density at radius 2 is 1.65 bits per heavy atom. The van der Waals surface area contributed by atoms with E-state index in [9.17, 15) is 0 Å². The molecule has 23 heavy (non-hydrogen) atoms. The van der Waals surface area contributed by atoms with Gasteiger partial charge in [-0.15, -0.1) is 24.0 Å². The number of guanidine groups is 1. The molecule has 4 saturated heterocycles. The van der Waals surface area contributed by atoms with Crippen LogP contribution in [0.3, 0.4) is 0 Å². The number of aliphatic imine (C=N–C) groups is 1. The molecule has 1 saturated carbocycles. The Hall–Kier alpha value is -0.0800. The number of likely N-dealkylation sites (tertiary alicyclic amines) is 1. The Bertz CT molecular complexity index is 407. The summed E-state index contributed by atoms with van der Waals surface area (Å²) in [5.74, 6) is 2.99. The maximum absolute atomic E-state index is 4.57. The summed E-state index contributed by atoms with van der Waals surface area (Å²) in [6.45, 7) is 9.76. The van der Waals surface area contributed by atoms with Crippen LogP contribution in [0.4, 0.5) is 0 Å². The largest absolute Gasteiger partial charge is 0.355 e. The summed E-state index contributed by atoms with van der Waals surface area (Å²) >= 11 is 0. The number of hydrogen-bond donors (Lipinski definition) is 1. The average Bonchev–Trinajstić information content (AvgIpc) is 3.00. The van der Waals surface area contributed by atoms with Crippen molar-refractivity contribution in [3.8, 4) is 0 Å². The lowest BCUT2D eigenvalue weighted by atomic mass is 9.82. The van der Waals surface area contributed by atoms with Gasteiger partial charge >= 0.3 is 0 Å². The molecule has 6 heteroatoms. The van der Waals surface area contributed by atoms with Crippen LogP contribution in [-0.4, -0.2) is 86.1 Å². The summed E-state index contributed by atoms with van der Waals surface area (Å²) < 4.78 is 0. The third kappa shape index (κ3) is 3.79. The number of piperazine rings is 3. The summed E-state index contributed by atoms with van der Waals surface area (Å²) in [7, 11) is 1.95. The van der Waals surface area contributed by atoms with Crippen LogP contribution in [0.2, 0.25) is 0 Å². The van der Waals surface area contributed by atoms with Gasteiger partial charge in [0.15, 0.2) is 5.96 Å². The predicted octanol–water partition coefficient (Wildman–Crippen LogP) is 1.30. The molecule has 0 radical (unpaired) electrons. The monoisotopic (exact) mass is 433 g/mol. The fourth-order valence-electron chi connectivity index (χ4n) is 5.04. The van der Waals surface area contributed by atoms with Gasteiger partial charge in [-0.05, 0) is 24.7 Å². The lowest BCUT2D eigenvalue weighted by Crippen LogP contribution is -2.63. The number of rotatable bonds is 2. The molecule has 3 unspecified atom stereocenters. The van der Waals surface area contributed by atoms with Gasteiger partial charge in [0.25, 0.3) is 0 Å². The van der Waals surface area contributed by atoms with Crippen LogP contribution in [0.25, 0.3) is 0 Å². The van der Waals surface area contributed by atoms with Crippen LogP contribution in [0.1, 0.15) is 25.7 Å². The summed E-state index contributed by atoms with van der Waals surface area (Å²) in [5.41, 5.74) is 0. The van der Waals surface area contributed by atoms with Crippen LogP contribution in [-0.2, 0) is 0 Å². The second-order valence-electron chi connectivity index (χ2n) is 7.63. The third-order valence-electron chi connectivity index (χ3n) is 6.38. The zero-order chi connectivity index (χ0) is 14.9. The SMILES string of the molecule is CN=C(NCC1CN2CCN1CC2)N1CC2CCCCC2C1.I. The van der Waals surface area contributed by atoms with Gasteiger partial charge in [0, 0.05) is 65.4 Å². The van der Waals surface area contributed by atoms with E-state index in [1.807, 2.05) is 7.05 Å². The summed E-state index contributed by atoms with van der Waals surface area (Å²) in [6.07, 6.45) is 5.74. The Labute approximate surface area is 157 Å². The molecule has 5 nitrogen and oxygen atoms in total. The third-order valence-corrected chi connectivity index (χ3v) is 6.38. The minimum absolute atomic E-state index is 0. The summed E-state index contributed by atoms with van der Waals surface area (Å²) in [5, 5.41) is 3.68. The highest BCUT2D eigenvalue weighted by Crippen LogP contribution is 2.35. The highest BCUT2D eigenvalue weighted by atomic mass is 127. The molecule has 4 heterocycles. The lowest BCUT2D eigenvalue weighted by Gasteiger charge is -2.47. The molecule has 0 aromatic heterocycles. The van der Waals surface area contributed by atoms with Gasteiger partial charge in [-0.2, -0.15) is 0 Å². The second-order valence-corrected chi connectivity index (χ2v) is 7.63. The van der Waals surface area contributed by atoms with E-state index in [1.54, 1.807) is 0 Å². The van der Waals surface area contributed by atoms with Crippen LogP contribution in [0.15, 0.2) is 4.99 Å². The maximum Gasteiger partial charge on any atom is 0.193 e. The van der Waals surface area contributed by atoms with Crippen molar-refractivity contribution < 1.29 is 0 Å². The van der Waals surface area contributed by atoms with E-state index in [2.05, 4.69) is 25.0 Å². The first-order valence-electron chi connectivity index (χ1n) is 9.25. The Kier molecular flexibility index (Phi) is 6.07. The van der Waals surface area contributed by atoms with Crippen LogP contribution in [0, 0.1) is 11.8 Å². The average molecular weight is 433 g/mol. The topological polar surface area (TPSA) is 34.1 Å². The van der Waals surface area contributed by atoms with Gasteiger partial charge in [-0.25, -0.2) is 0 Å². The molecule has 1 aliphatic carbocycles. The van der Waals surface area contributed by atoms with E-state index >= 15 is 0 Å². The van der Waals surface area contributed by atoms with Crippen molar-refractivity contribution in [1.29, 1.82) is 0 Å². The number of halogens is 1. The zero-order valence-corrected chi connectivity index (χ0v) is 16.7.